The maximum absolute atomic E-state index is 11.0. The van der Waals surface area contributed by atoms with Crippen molar-refractivity contribution in [3.8, 4) is 11.3 Å². The molecule has 0 unspecified atom stereocenters. The average Bonchev–Trinajstić information content (AvgIpc) is 2.71. The van der Waals surface area contributed by atoms with Gasteiger partial charge in [0.25, 0.3) is 0 Å². The Kier molecular flexibility index (Phi) is 3.01. The number of benzene rings is 1. The topological polar surface area (TPSA) is 47.8 Å². The lowest BCUT2D eigenvalue weighted by Crippen LogP contribution is -2.01. The van der Waals surface area contributed by atoms with Gasteiger partial charge in [0.1, 0.15) is 11.4 Å². The fraction of sp³-hybridized carbons (Fsp3) is 0.182. The molecule has 1 aromatic heterocycles. The van der Waals surface area contributed by atoms with Gasteiger partial charge in [-0.15, -0.1) is 5.10 Å². The summed E-state index contributed by atoms with van der Waals surface area (Å²) in [5.41, 5.74) is 1.85. The lowest BCUT2D eigenvalue weighted by atomic mass is 10.1. The Morgan fingerprint density at radius 3 is 2.94 bits per heavy atom. The van der Waals surface area contributed by atoms with Crippen LogP contribution in [0.4, 0.5) is 0 Å². The molecule has 82 valence electrons. The first-order valence-electron chi connectivity index (χ1n) is 4.91. The van der Waals surface area contributed by atoms with E-state index in [2.05, 4.69) is 10.3 Å². The minimum atomic E-state index is 0.477. The van der Waals surface area contributed by atoms with Crippen LogP contribution in [0.25, 0.3) is 11.3 Å². The summed E-state index contributed by atoms with van der Waals surface area (Å²) in [7, 11) is 0. The Labute approximate surface area is 97.8 Å². The highest BCUT2D eigenvalue weighted by Gasteiger charge is 2.12. The maximum Gasteiger partial charge on any atom is 0.170 e. The predicted octanol–water partition coefficient (Wildman–Crippen LogP) is 2.43. The van der Waals surface area contributed by atoms with Crippen molar-refractivity contribution in [1.82, 2.24) is 15.0 Å². The first-order valence-corrected chi connectivity index (χ1v) is 5.28. The molecule has 1 aromatic carbocycles. The van der Waals surface area contributed by atoms with Crippen molar-refractivity contribution in [3.05, 3.63) is 35.0 Å². The molecule has 0 bridgehead atoms. The second kappa shape index (κ2) is 4.45. The summed E-state index contributed by atoms with van der Waals surface area (Å²) in [6, 6.07) is 7.20. The van der Waals surface area contributed by atoms with Gasteiger partial charge in [0.05, 0.1) is 0 Å². The van der Waals surface area contributed by atoms with Crippen LogP contribution in [0.3, 0.4) is 0 Å². The standard InChI is InChI=1S/C11H10ClN3O/c1-2-15-10(7-16)11(13-14-15)8-4-3-5-9(12)6-8/h3-7H,2H2,1H3. The Bertz CT molecular complexity index is 522. The Hall–Kier alpha value is -1.68. The molecule has 0 aliphatic rings. The van der Waals surface area contributed by atoms with E-state index in [-0.39, 0.29) is 0 Å². The van der Waals surface area contributed by atoms with Crippen LogP contribution >= 0.6 is 11.6 Å². The molecule has 0 spiro atoms. The molecule has 0 atom stereocenters. The van der Waals surface area contributed by atoms with Gasteiger partial charge >= 0.3 is 0 Å². The summed E-state index contributed by atoms with van der Waals surface area (Å²) in [4.78, 5) is 11.0. The number of nitrogens with zero attached hydrogens (tertiary/aromatic N) is 3. The molecule has 0 saturated heterocycles. The van der Waals surface area contributed by atoms with Gasteiger partial charge in [0.15, 0.2) is 6.29 Å². The normalized spacial score (nSPS) is 10.4. The average molecular weight is 236 g/mol. The molecule has 2 rings (SSSR count). The number of aldehydes is 1. The summed E-state index contributed by atoms with van der Waals surface area (Å²) in [5, 5.41) is 8.51. The summed E-state index contributed by atoms with van der Waals surface area (Å²) < 4.78 is 1.56. The number of halogens is 1. The predicted molar refractivity (Wildman–Crippen MR) is 61.5 cm³/mol. The Morgan fingerprint density at radius 1 is 1.50 bits per heavy atom. The molecule has 5 heteroatoms. The van der Waals surface area contributed by atoms with Gasteiger partial charge < -0.3 is 0 Å². The molecule has 16 heavy (non-hydrogen) atoms. The van der Waals surface area contributed by atoms with Gasteiger partial charge in [0, 0.05) is 17.1 Å². The van der Waals surface area contributed by atoms with Gasteiger partial charge in [-0.2, -0.15) is 0 Å². The molecule has 0 saturated carbocycles. The van der Waals surface area contributed by atoms with Crippen LogP contribution in [0.15, 0.2) is 24.3 Å². The molecule has 0 radical (unpaired) electrons. The zero-order valence-corrected chi connectivity index (χ0v) is 9.48. The lowest BCUT2D eigenvalue weighted by molar-refractivity contribution is 0.111. The summed E-state index contributed by atoms with van der Waals surface area (Å²) in [6.45, 7) is 2.52. The molecule has 2 aromatic rings. The number of carbonyl (C=O) groups excluding carboxylic acids is 1. The van der Waals surface area contributed by atoms with Crippen LogP contribution in [0.1, 0.15) is 17.4 Å². The maximum atomic E-state index is 11.0. The van der Waals surface area contributed by atoms with Gasteiger partial charge in [-0.05, 0) is 19.1 Å². The highest BCUT2D eigenvalue weighted by Crippen LogP contribution is 2.22. The van der Waals surface area contributed by atoms with E-state index in [9.17, 15) is 4.79 Å². The molecule has 4 nitrogen and oxygen atoms in total. The fourth-order valence-corrected chi connectivity index (χ4v) is 1.70. The highest BCUT2D eigenvalue weighted by molar-refractivity contribution is 6.30. The molecule has 0 amide bonds. The van der Waals surface area contributed by atoms with E-state index < -0.39 is 0 Å². The second-order valence-electron chi connectivity index (χ2n) is 3.27. The van der Waals surface area contributed by atoms with E-state index in [1.165, 1.54) is 0 Å². The molecule has 0 N–H and O–H groups in total. The Balaban J connectivity index is 2.55. The Morgan fingerprint density at radius 2 is 2.31 bits per heavy atom. The van der Waals surface area contributed by atoms with E-state index in [1.807, 2.05) is 19.1 Å². The fourth-order valence-electron chi connectivity index (χ4n) is 1.51. The van der Waals surface area contributed by atoms with E-state index in [0.29, 0.717) is 23.0 Å². The van der Waals surface area contributed by atoms with Gasteiger partial charge in [-0.25, -0.2) is 4.68 Å². The van der Waals surface area contributed by atoms with E-state index in [1.54, 1.807) is 16.8 Å². The van der Waals surface area contributed by atoms with Crippen LogP contribution in [0.2, 0.25) is 5.02 Å². The van der Waals surface area contributed by atoms with Gasteiger partial charge in [-0.1, -0.05) is 28.9 Å². The smallest absolute Gasteiger partial charge is 0.170 e. The van der Waals surface area contributed by atoms with Crippen molar-refractivity contribution in [2.45, 2.75) is 13.5 Å². The van der Waals surface area contributed by atoms with Crippen LogP contribution in [0, 0.1) is 0 Å². The number of hydrogen-bond acceptors (Lipinski definition) is 3. The monoisotopic (exact) mass is 235 g/mol. The van der Waals surface area contributed by atoms with E-state index >= 15 is 0 Å². The zero-order valence-electron chi connectivity index (χ0n) is 8.72. The molecular formula is C11H10ClN3O. The third kappa shape index (κ3) is 1.84. The van der Waals surface area contributed by atoms with E-state index in [0.717, 1.165) is 11.8 Å². The van der Waals surface area contributed by atoms with Gasteiger partial charge in [0.2, 0.25) is 0 Å². The summed E-state index contributed by atoms with van der Waals surface area (Å²) in [6.07, 6.45) is 0.764. The first kappa shape index (κ1) is 10.8. The van der Waals surface area contributed by atoms with Crippen LogP contribution < -0.4 is 0 Å². The van der Waals surface area contributed by atoms with Crippen molar-refractivity contribution >= 4 is 17.9 Å². The SMILES string of the molecule is CCn1nnc(-c2cccc(Cl)c2)c1C=O. The number of aromatic nitrogens is 3. The van der Waals surface area contributed by atoms with Crippen molar-refractivity contribution in [1.29, 1.82) is 0 Å². The van der Waals surface area contributed by atoms with Crippen molar-refractivity contribution in [3.63, 3.8) is 0 Å². The molecule has 0 fully saturated rings. The number of hydrogen-bond donors (Lipinski definition) is 0. The van der Waals surface area contributed by atoms with E-state index in [4.69, 9.17) is 11.6 Å². The van der Waals surface area contributed by atoms with Crippen molar-refractivity contribution < 1.29 is 4.79 Å². The summed E-state index contributed by atoms with van der Waals surface area (Å²) >= 11 is 5.89. The quantitative estimate of drug-likeness (QED) is 0.768. The van der Waals surface area contributed by atoms with Crippen molar-refractivity contribution in [2.75, 3.05) is 0 Å². The third-order valence-corrected chi connectivity index (χ3v) is 2.52. The lowest BCUT2D eigenvalue weighted by Gasteiger charge is -1.99. The molecule has 0 aliphatic carbocycles. The number of carbonyl (C=O) groups is 1. The minimum Gasteiger partial charge on any atom is -0.296 e. The molecule has 1 heterocycles. The van der Waals surface area contributed by atoms with Crippen LogP contribution in [0.5, 0.6) is 0 Å². The molecule has 0 aliphatic heterocycles. The van der Waals surface area contributed by atoms with Crippen LogP contribution in [-0.2, 0) is 6.54 Å². The van der Waals surface area contributed by atoms with Crippen LogP contribution in [-0.4, -0.2) is 21.3 Å². The number of rotatable bonds is 3. The third-order valence-electron chi connectivity index (χ3n) is 2.28. The summed E-state index contributed by atoms with van der Waals surface area (Å²) in [5.74, 6) is 0. The highest BCUT2D eigenvalue weighted by atomic mass is 35.5. The van der Waals surface area contributed by atoms with Crippen molar-refractivity contribution in [2.24, 2.45) is 0 Å². The molecular weight excluding hydrogens is 226 g/mol. The number of aryl methyl sites for hydroxylation is 1. The first-order chi connectivity index (χ1) is 7.76. The van der Waals surface area contributed by atoms with Gasteiger partial charge in [-0.3, -0.25) is 4.79 Å². The minimum absolute atomic E-state index is 0.477. The zero-order chi connectivity index (χ0) is 11.5. The largest absolute Gasteiger partial charge is 0.296 e. The second-order valence-corrected chi connectivity index (χ2v) is 3.70.